The minimum atomic E-state index is -0.345. The average molecular weight is 494 g/mol. The van der Waals surface area contributed by atoms with Crippen LogP contribution in [0.5, 0.6) is 5.75 Å². The number of rotatable bonds is 9. The van der Waals surface area contributed by atoms with Crippen molar-refractivity contribution >= 4 is 34.4 Å². The van der Waals surface area contributed by atoms with E-state index in [1.54, 1.807) is 42.0 Å². The van der Waals surface area contributed by atoms with Gasteiger partial charge in [-0.05, 0) is 94.6 Å². The fourth-order valence-corrected chi connectivity index (χ4v) is 4.08. The fraction of sp³-hybridized carbons (Fsp3) is 0.310. The largest absolute Gasteiger partial charge is 0.497 e. The molecule has 184 valence electrons. The van der Waals surface area contributed by atoms with Crippen LogP contribution in [0.15, 0.2) is 65.8 Å². The minimum Gasteiger partial charge on any atom is -0.497 e. The molecule has 1 aromatic heterocycles. The van der Waals surface area contributed by atoms with Crippen LogP contribution >= 0.6 is 11.6 Å². The zero-order chi connectivity index (χ0) is 25.5. The summed E-state index contributed by atoms with van der Waals surface area (Å²) < 4.78 is 12.5. The third-order valence-electron chi connectivity index (χ3n) is 5.92. The summed E-state index contributed by atoms with van der Waals surface area (Å²) in [5.74, 6) is 0.115. The van der Waals surface area contributed by atoms with Crippen LogP contribution in [0.4, 0.5) is 0 Å². The number of nitrogens with zero attached hydrogens (tertiary/aromatic N) is 1. The fourth-order valence-electron chi connectivity index (χ4n) is 3.96. The van der Waals surface area contributed by atoms with Gasteiger partial charge >= 0.3 is 5.97 Å². The van der Waals surface area contributed by atoms with Crippen molar-refractivity contribution in [2.45, 2.75) is 47.0 Å². The number of hydrogen-bond acceptors (Lipinski definition) is 4. The van der Waals surface area contributed by atoms with Gasteiger partial charge in [0.1, 0.15) is 12.4 Å². The molecule has 0 N–H and O–H groups in total. The Morgan fingerprint density at radius 1 is 1.03 bits per heavy atom. The highest BCUT2D eigenvalue weighted by atomic mass is 35.5. The van der Waals surface area contributed by atoms with E-state index in [0.717, 1.165) is 23.8 Å². The van der Waals surface area contributed by atoms with Crippen LogP contribution in [-0.4, -0.2) is 30.2 Å². The number of halogens is 1. The van der Waals surface area contributed by atoms with Crippen molar-refractivity contribution in [2.75, 3.05) is 13.7 Å². The van der Waals surface area contributed by atoms with Crippen LogP contribution in [0.25, 0.3) is 10.9 Å². The molecule has 35 heavy (non-hydrogen) atoms. The monoisotopic (exact) mass is 493 g/mol. The molecule has 3 rings (SSSR count). The molecule has 0 saturated heterocycles. The Hall–Kier alpha value is -3.31. The van der Waals surface area contributed by atoms with Crippen LogP contribution in [-0.2, 0) is 16.0 Å². The van der Waals surface area contributed by atoms with Crippen LogP contribution < -0.4 is 4.74 Å². The summed E-state index contributed by atoms with van der Waals surface area (Å²) in [4.78, 5) is 26.1. The number of carbonyl (C=O) groups excluding carboxylic acids is 2. The number of fused-ring (bicyclic) bond motifs is 1. The van der Waals surface area contributed by atoms with E-state index in [0.29, 0.717) is 27.5 Å². The molecule has 0 aliphatic rings. The third kappa shape index (κ3) is 6.64. The Balaban J connectivity index is 1.84. The predicted octanol–water partition coefficient (Wildman–Crippen LogP) is 7.08. The van der Waals surface area contributed by atoms with Crippen molar-refractivity contribution in [1.82, 2.24) is 4.57 Å². The average Bonchev–Trinajstić information content (AvgIpc) is 3.09. The van der Waals surface area contributed by atoms with E-state index in [9.17, 15) is 9.59 Å². The Morgan fingerprint density at radius 3 is 2.40 bits per heavy atom. The van der Waals surface area contributed by atoms with E-state index >= 15 is 0 Å². The summed E-state index contributed by atoms with van der Waals surface area (Å²) in [6.45, 7) is 8.27. The van der Waals surface area contributed by atoms with Gasteiger partial charge in [0.05, 0.1) is 19.0 Å². The summed E-state index contributed by atoms with van der Waals surface area (Å²) in [6.07, 6.45) is 6.10. The zero-order valence-corrected chi connectivity index (χ0v) is 21.7. The first-order chi connectivity index (χ1) is 16.7. The number of esters is 1. The van der Waals surface area contributed by atoms with Gasteiger partial charge < -0.3 is 9.47 Å². The molecular weight excluding hydrogens is 462 g/mol. The molecular formula is C29H32ClNO4. The highest BCUT2D eigenvalue weighted by Crippen LogP contribution is 2.31. The van der Waals surface area contributed by atoms with Gasteiger partial charge in [0, 0.05) is 21.7 Å². The lowest BCUT2D eigenvalue weighted by Crippen LogP contribution is -2.14. The first kappa shape index (κ1) is 26.3. The maximum absolute atomic E-state index is 13.4. The maximum atomic E-state index is 13.4. The Morgan fingerprint density at radius 2 is 1.74 bits per heavy atom. The molecule has 0 aliphatic heterocycles. The highest BCUT2D eigenvalue weighted by molar-refractivity contribution is 6.30. The number of hydrogen-bond donors (Lipinski definition) is 0. The van der Waals surface area contributed by atoms with Gasteiger partial charge in [-0.1, -0.05) is 28.8 Å². The standard InChI is InChI=1S/C29H32ClNO4/c1-19(2)7-6-8-20(3)15-16-35-28(32)18-25-21(4)31(27-14-13-24(34-5)17-26(25)27)29(33)22-9-11-23(30)12-10-22/h7,9-15,17H,6,8,16,18H2,1-5H3/b20-15+. The second-order valence-corrected chi connectivity index (χ2v) is 9.26. The van der Waals surface area contributed by atoms with E-state index < -0.39 is 0 Å². The number of methoxy groups -OCH3 is 1. The van der Waals surface area contributed by atoms with Crippen LogP contribution in [0.3, 0.4) is 0 Å². The molecule has 0 bridgehead atoms. The molecule has 0 unspecified atom stereocenters. The van der Waals surface area contributed by atoms with Crippen molar-refractivity contribution in [3.63, 3.8) is 0 Å². The molecule has 0 fully saturated rings. The highest BCUT2D eigenvalue weighted by Gasteiger charge is 2.22. The lowest BCUT2D eigenvalue weighted by molar-refractivity contribution is -0.141. The molecule has 0 aliphatic carbocycles. The summed E-state index contributed by atoms with van der Waals surface area (Å²) in [5, 5.41) is 1.35. The normalized spacial score (nSPS) is 11.4. The Kier molecular flexibility index (Phi) is 8.94. The summed E-state index contributed by atoms with van der Waals surface area (Å²) in [6, 6.07) is 12.3. The van der Waals surface area contributed by atoms with Gasteiger partial charge in [-0.15, -0.1) is 0 Å². The van der Waals surface area contributed by atoms with E-state index in [1.807, 2.05) is 32.1 Å². The van der Waals surface area contributed by atoms with Crippen LogP contribution in [0.1, 0.15) is 55.2 Å². The summed E-state index contributed by atoms with van der Waals surface area (Å²) in [7, 11) is 1.59. The van der Waals surface area contributed by atoms with Crippen molar-refractivity contribution in [3.05, 3.63) is 87.6 Å². The molecule has 5 nitrogen and oxygen atoms in total. The lowest BCUT2D eigenvalue weighted by Gasteiger charge is -2.08. The predicted molar refractivity (Wildman–Crippen MR) is 141 cm³/mol. The summed E-state index contributed by atoms with van der Waals surface area (Å²) in [5.41, 5.74) is 5.13. The van der Waals surface area contributed by atoms with E-state index in [1.165, 1.54) is 11.1 Å². The SMILES string of the molecule is COc1ccc2c(c1)c(CC(=O)OC/C=C(\C)CCC=C(C)C)c(C)n2C(=O)c1ccc(Cl)cc1. The minimum absolute atomic E-state index is 0.0566. The van der Waals surface area contributed by atoms with Crippen LogP contribution in [0, 0.1) is 6.92 Å². The molecule has 6 heteroatoms. The molecule has 0 amide bonds. The van der Waals surface area contributed by atoms with E-state index in [-0.39, 0.29) is 24.9 Å². The van der Waals surface area contributed by atoms with Crippen molar-refractivity contribution in [3.8, 4) is 5.75 Å². The Labute approximate surface area is 212 Å². The van der Waals surface area contributed by atoms with Gasteiger partial charge in [-0.2, -0.15) is 0 Å². The zero-order valence-electron chi connectivity index (χ0n) is 21.0. The molecule has 0 saturated carbocycles. The smallest absolute Gasteiger partial charge is 0.310 e. The van der Waals surface area contributed by atoms with Crippen molar-refractivity contribution < 1.29 is 19.1 Å². The van der Waals surface area contributed by atoms with Gasteiger partial charge in [-0.25, -0.2) is 0 Å². The van der Waals surface area contributed by atoms with Gasteiger partial charge in [0.15, 0.2) is 0 Å². The molecule has 1 heterocycles. The maximum Gasteiger partial charge on any atom is 0.310 e. The second kappa shape index (κ2) is 11.9. The van der Waals surface area contributed by atoms with E-state index in [2.05, 4.69) is 19.9 Å². The topological polar surface area (TPSA) is 57.5 Å². The van der Waals surface area contributed by atoms with E-state index in [4.69, 9.17) is 21.1 Å². The Bertz CT molecular complexity index is 1280. The first-order valence-corrected chi connectivity index (χ1v) is 12.0. The second-order valence-electron chi connectivity index (χ2n) is 8.82. The van der Waals surface area contributed by atoms with Crippen LogP contribution in [0.2, 0.25) is 5.02 Å². The third-order valence-corrected chi connectivity index (χ3v) is 6.18. The summed E-state index contributed by atoms with van der Waals surface area (Å²) >= 11 is 5.99. The number of ether oxygens (including phenoxy) is 2. The number of benzene rings is 2. The number of aromatic nitrogens is 1. The molecule has 0 atom stereocenters. The molecule has 0 radical (unpaired) electrons. The lowest BCUT2D eigenvalue weighted by atomic mass is 10.1. The van der Waals surface area contributed by atoms with Gasteiger partial charge in [0.25, 0.3) is 5.91 Å². The van der Waals surface area contributed by atoms with Crippen molar-refractivity contribution in [2.24, 2.45) is 0 Å². The van der Waals surface area contributed by atoms with Crippen molar-refractivity contribution in [1.29, 1.82) is 0 Å². The van der Waals surface area contributed by atoms with Gasteiger partial charge in [0.2, 0.25) is 0 Å². The molecule has 3 aromatic rings. The number of allylic oxidation sites excluding steroid dienone is 3. The quantitative estimate of drug-likeness (QED) is 0.236. The van der Waals surface area contributed by atoms with Gasteiger partial charge in [-0.3, -0.25) is 14.2 Å². The number of carbonyl (C=O) groups is 2. The molecule has 2 aromatic carbocycles. The first-order valence-electron chi connectivity index (χ1n) is 11.6. The molecule has 0 spiro atoms.